The lowest BCUT2D eigenvalue weighted by atomic mass is 9.78. The lowest BCUT2D eigenvalue weighted by Crippen LogP contribution is -2.41. The van der Waals surface area contributed by atoms with Crippen LogP contribution in [0.2, 0.25) is 0 Å². The van der Waals surface area contributed by atoms with Crippen LogP contribution in [0.3, 0.4) is 0 Å². The van der Waals surface area contributed by atoms with Gasteiger partial charge in [-0.05, 0) is 39.8 Å². The molecule has 0 saturated carbocycles. The molecule has 0 aliphatic carbocycles. The summed E-state index contributed by atoms with van der Waals surface area (Å²) in [6, 6.07) is 2.29. The summed E-state index contributed by atoms with van der Waals surface area (Å²) in [5.74, 6) is -1.55. The maximum atomic E-state index is 13.9. The molecule has 1 aliphatic rings. The van der Waals surface area contributed by atoms with E-state index in [1.54, 1.807) is 0 Å². The molecule has 1 saturated heterocycles. The molecule has 0 aromatic heterocycles. The summed E-state index contributed by atoms with van der Waals surface area (Å²) in [7, 11) is -1.08. The first-order valence-corrected chi connectivity index (χ1v) is 5.75. The summed E-state index contributed by atoms with van der Waals surface area (Å²) >= 11 is 0. The minimum Gasteiger partial charge on any atom is -0.399 e. The molecule has 0 bridgehead atoms. The predicted molar refractivity (Wildman–Crippen MR) is 66.5 cm³/mol. The Kier molecular flexibility index (Phi) is 2.90. The summed E-state index contributed by atoms with van der Waals surface area (Å²) in [5.41, 5.74) is 3.74. The first-order chi connectivity index (χ1) is 8.16. The number of nitrogen functional groups attached to an aromatic ring is 1. The number of benzene rings is 1. The van der Waals surface area contributed by atoms with Crippen LogP contribution in [-0.2, 0) is 9.31 Å². The van der Waals surface area contributed by atoms with Gasteiger partial charge >= 0.3 is 7.12 Å². The van der Waals surface area contributed by atoms with Crippen LogP contribution in [0.25, 0.3) is 0 Å². The van der Waals surface area contributed by atoms with E-state index in [1.165, 1.54) is 6.07 Å². The molecule has 98 valence electrons. The summed E-state index contributed by atoms with van der Waals surface area (Å²) in [6.07, 6.45) is 0. The van der Waals surface area contributed by atoms with Gasteiger partial charge in [-0.15, -0.1) is 0 Å². The van der Waals surface area contributed by atoms with E-state index in [-0.39, 0.29) is 11.2 Å². The highest BCUT2D eigenvalue weighted by atomic mass is 19.1. The van der Waals surface area contributed by atoms with E-state index in [0.29, 0.717) is 0 Å². The SMILES string of the molecule is CC1(C)OB(c2c(F)ccc(N)c2F)OC1(C)C. The predicted octanol–water partition coefficient (Wildman–Crippen LogP) is 1.85. The Labute approximate surface area is 105 Å². The van der Waals surface area contributed by atoms with Crippen LogP contribution < -0.4 is 11.2 Å². The second-order valence-corrected chi connectivity index (χ2v) is 5.45. The highest BCUT2D eigenvalue weighted by molar-refractivity contribution is 6.62. The molecule has 0 unspecified atom stereocenters. The summed E-state index contributed by atoms with van der Waals surface area (Å²) in [4.78, 5) is 0. The average Bonchev–Trinajstić information content (AvgIpc) is 2.43. The molecule has 0 radical (unpaired) electrons. The zero-order valence-electron chi connectivity index (χ0n) is 10.9. The van der Waals surface area contributed by atoms with Gasteiger partial charge in [0.05, 0.1) is 22.4 Å². The van der Waals surface area contributed by atoms with Gasteiger partial charge in [0.1, 0.15) is 11.6 Å². The molecule has 2 N–H and O–H groups in total. The molecule has 0 amide bonds. The van der Waals surface area contributed by atoms with Crippen molar-refractivity contribution in [3.05, 3.63) is 23.8 Å². The van der Waals surface area contributed by atoms with Gasteiger partial charge in [0, 0.05) is 0 Å². The van der Waals surface area contributed by atoms with E-state index >= 15 is 0 Å². The molecule has 1 aromatic carbocycles. The maximum Gasteiger partial charge on any atom is 0.500 e. The van der Waals surface area contributed by atoms with Gasteiger partial charge in [-0.3, -0.25) is 0 Å². The second kappa shape index (κ2) is 3.93. The van der Waals surface area contributed by atoms with Crippen LogP contribution in [-0.4, -0.2) is 18.3 Å². The quantitative estimate of drug-likeness (QED) is 0.615. The van der Waals surface area contributed by atoms with Crippen molar-refractivity contribution < 1.29 is 18.1 Å². The minimum atomic E-state index is -1.08. The number of nitrogens with two attached hydrogens (primary N) is 1. The molecular weight excluding hydrogens is 239 g/mol. The van der Waals surface area contributed by atoms with Crippen molar-refractivity contribution >= 4 is 18.3 Å². The molecule has 0 atom stereocenters. The van der Waals surface area contributed by atoms with Crippen molar-refractivity contribution in [2.24, 2.45) is 0 Å². The van der Waals surface area contributed by atoms with Crippen LogP contribution in [0.15, 0.2) is 12.1 Å². The third-order valence-corrected chi connectivity index (χ3v) is 3.65. The minimum absolute atomic E-state index is 0.124. The average molecular weight is 255 g/mol. The van der Waals surface area contributed by atoms with E-state index in [9.17, 15) is 8.78 Å². The van der Waals surface area contributed by atoms with Crippen molar-refractivity contribution in [1.82, 2.24) is 0 Å². The Bertz CT molecular complexity index is 475. The molecule has 6 heteroatoms. The Hall–Kier alpha value is -1.14. The Morgan fingerprint density at radius 1 is 1.06 bits per heavy atom. The van der Waals surface area contributed by atoms with E-state index in [1.807, 2.05) is 27.7 Å². The largest absolute Gasteiger partial charge is 0.500 e. The third-order valence-electron chi connectivity index (χ3n) is 3.65. The van der Waals surface area contributed by atoms with Gasteiger partial charge in [-0.25, -0.2) is 8.78 Å². The van der Waals surface area contributed by atoms with Crippen LogP contribution in [0.1, 0.15) is 27.7 Å². The zero-order valence-corrected chi connectivity index (χ0v) is 10.9. The second-order valence-electron chi connectivity index (χ2n) is 5.45. The fraction of sp³-hybridized carbons (Fsp3) is 0.500. The van der Waals surface area contributed by atoms with Gasteiger partial charge in [-0.2, -0.15) is 0 Å². The van der Waals surface area contributed by atoms with Gasteiger partial charge in [0.15, 0.2) is 0 Å². The standard InChI is InChI=1S/C12H16BF2NO2/c1-11(2)12(3,4)18-13(17-11)9-7(14)5-6-8(16)10(9)15/h5-6H,16H2,1-4H3. The normalized spacial score (nSPS) is 21.3. The number of hydrogen-bond acceptors (Lipinski definition) is 3. The van der Waals surface area contributed by atoms with E-state index in [2.05, 4.69) is 0 Å². The van der Waals surface area contributed by atoms with E-state index in [4.69, 9.17) is 15.0 Å². The van der Waals surface area contributed by atoms with Crippen molar-refractivity contribution in [2.45, 2.75) is 38.9 Å². The van der Waals surface area contributed by atoms with Crippen molar-refractivity contribution in [3.63, 3.8) is 0 Å². The molecule has 2 rings (SSSR count). The van der Waals surface area contributed by atoms with Gasteiger partial charge in [0.25, 0.3) is 0 Å². The third kappa shape index (κ3) is 1.89. The summed E-state index contributed by atoms with van der Waals surface area (Å²) in [5, 5.41) is 0. The number of hydrogen-bond donors (Lipinski definition) is 1. The van der Waals surface area contributed by atoms with Crippen molar-refractivity contribution in [3.8, 4) is 0 Å². The molecule has 1 fully saturated rings. The van der Waals surface area contributed by atoms with Crippen LogP contribution >= 0.6 is 0 Å². The Morgan fingerprint density at radius 2 is 1.56 bits per heavy atom. The fourth-order valence-corrected chi connectivity index (χ4v) is 1.76. The lowest BCUT2D eigenvalue weighted by Gasteiger charge is -2.32. The topological polar surface area (TPSA) is 44.5 Å². The highest BCUT2D eigenvalue weighted by Crippen LogP contribution is 2.37. The van der Waals surface area contributed by atoms with E-state index in [0.717, 1.165) is 6.07 Å². The fourth-order valence-electron chi connectivity index (χ4n) is 1.76. The highest BCUT2D eigenvalue weighted by Gasteiger charge is 2.53. The van der Waals surface area contributed by atoms with Crippen LogP contribution in [0.5, 0.6) is 0 Å². The van der Waals surface area contributed by atoms with Gasteiger partial charge in [-0.1, -0.05) is 0 Å². The maximum absolute atomic E-state index is 13.9. The Balaban J connectivity index is 2.44. The first-order valence-electron chi connectivity index (χ1n) is 5.75. The van der Waals surface area contributed by atoms with Gasteiger partial charge in [0.2, 0.25) is 0 Å². The Morgan fingerprint density at radius 3 is 2.06 bits per heavy atom. The van der Waals surface area contributed by atoms with Crippen molar-refractivity contribution in [1.29, 1.82) is 0 Å². The molecule has 1 heterocycles. The molecule has 0 spiro atoms. The molecule has 3 nitrogen and oxygen atoms in total. The zero-order chi connectivity index (χ0) is 13.7. The number of rotatable bonds is 1. The van der Waals surface area contributed by atoms with Crippen LogP contribution in [0, 0.1) is 11.6 Å². The number of halogens is 2. The molecule has 1 aliphatic heterocycles. The molecule has 18 heavy (non-hydrogen) atoms. The number of anilines is 1. The summed E-state index contributed by atoms with van der Waals surface area (Å²) in [6.45, 7) is 7.26. The van der Waals surface area contributed by atoms with Gasteiger partial charge < -0.3 is 15.0 Å². The monoisotopic (exact) mass is 255 g/mol. The molecular formula is C12H16BF2NO2. The van der Waals surface area contributed by atoms with Crippen LogP contribution in [0.4, 0.5) is 14.5 Å². The first kappa shape index (κ1) is 13.3. The lowest BCUT2D eigenvalue weighted by molar-refractivity contribution is 0.00578. The smallest absolute Gasteiger partial charge is 0.399 e. The molecule has 1 aromatic rings. The van der Waals surface area contributed by atoms with Crippen molar-refractivity contribution in [2.75, 3.05) is 5.73 Å². The summed E-state index contributed by atoms with van der Waals surface area (Å²) < 4.78 is 38.8. The van der Waals surface area contributed by atoms with E-state index < -0.39 is 30.0 Å².